The smallest absolute Gasteiger partial charge is 0.128 e. The molecule has 0 fully saturated rings. The summed E-state index contributed by atoms with van der Waals surface area (Å²) in [6, 6.07) is 0. The van der Waals surface area contributed by atoms with E-state index in [1.165, 1.54) is 0 Å². The quantitative estimate of drug-likeness (QED) is 0.449. The lowest BCUT2D eigenvalue weighted by molar-refractivity contribution is 0.368. The fourth-order valence-corrected chi connectivity index (χ4v) is 2.45. The number of aromatic nitrogens is 2. The number of H-pyrrole nitrogens is 2. The summed E-state index contributed by atoms with van der Waals surface area (Å²) < 4.78 is 0.734. The summed E-state index contributed by atoms with van der Waals surface area (Å²) in [5.41, 5.74) is 4.33. The van der Waals surface area contributed by atoms with Gasteiger partial charge >= 0.3 is 0 Å². The summed E-state index contributed by atoms with van der Waals surface area (Å²) in [6.45, 7) is 8.35. The Bertz CT molecular complexity index is 541. The molecule has 0 aliphatic heterocycles. The highest BCUT2D eigenvalue weighted by molar-refractivity contribution is 7.71. The lowest BCUT2D eigenvalue weighted by atomic mass is 9.76. The number of aromatic amines is 2. The third kappa shape index (κ3) is 2.54. The monoisotopic (exact) mass is 250 g/mol. The van der Waals surface area contributed by atoms with Crippen molar-refractivity contribution in [1.82, 2.24) is 10.2 Å². The summed E-state index contributed by atoms with van der Waals surface area (Å²) >= 11 is 5.29. The highest BCUT2D eigenvalue weighted by atomic mass is 32.1. The van der Waals surface area contributed by atoms with Crippen molar-refractivity contribution in [3.8, 4) is 0 Å². The zero-order valence-electron chi connectivity index (χ0n) is 10.7. The van der Waals surface area contributed by atoms with E-state index in [0.29, 0.717) is 0 Å². The van der Waals surface area contributed by atoms with E-state index in [2.05, 4.69) is 34.2 Å². The van der Waals surface area contributed by atoms with Gasteiger partial charge in [0.05, 0.1) is 11.3 Å². The van der Waals surface area contributed by atoms with Crippen LogP contribution >= 0.6 is 12.2 Å². The van der Waals surface area contributed by atoms with Crippen LogP contribution in [0.2, 0.25) is 0 Å². The van der Waals surface area contributed by atoms with Crippen molar-refractivity contribution < 1.29 is 0 Å². The number of hydrogen-bond acceptors (Lipinski definition) is 3. The molecule has 0 atom stereocenters. The summed E-state index contributed by atoms with van der Waals surface area (Å²) in [6.07, 6.45) is 1.90. The molecule has 1 aliphatic carbocycles. The highest BCUT2D eigenvalue weighted by Gasteiger charge is 2.31. The Hall–Kier alpha value is -1.23. The van der Waals surface area contributed by atoms with Crippen LogP contribution in [-0.2, 0) is 6.42 Å². The van der Waals surface area contributed by atoms with E-state index in [1.54, 1.807) is 0 Å². The zero-order chi connectivity index (χ0) is 12.6. The Morgan fingerprint density at radius 2 is 1.94 bits per heavy atom. The molecule has 0 amide bonds. The fraction of sp³-hybridized carbons (Fsp3) is 0.583. The number of nitrogens with zero attached hydrogens (tertiary/aromatic N) is 2. The molecule has 92 valence electrons. The van der Waals surface area contributed by atoms with Crippen LogP contribution in [0.5, 0.6) is 0 Å². The van der Waals surface area contributed by atoms with Crippen molar-refractivity contribution in [2.75, 3.05) is 0 Å². The van der Waals surface area contributed by atoms with Crippen LogP contribution < -0.4 is 0 Å². The predicted molar refractivity (Wildman–Crippen MR) is 73.4 cm³/mol. The van der Waals surface area contributed by atoms with E-state index >= 15 is 0 Å². The fourth-order valence-electron chi connectivity index (χ4n) is 2.16. The van der Waals surface area contributed by atoms with Gasteiger partial charge in [-0.25, -0.2) is 0 Å². The van der Waals surface area contributed by atoms with E-state index in [4.69, 9.17) is 12.2 Å². The Labute approximate surface area is 106 Å². The van der Waals surface area contributed by atoms with Crippen LogP contribution in [0.25, 0.3) is 0 Å². The van der Waals surface area contributed by atoms with Crippen molar-refractivity contribution in [1.29, 1.82) is 0 Å². The van der Waals surface area contributed by atoms with Gasteiger partial charge in [0, 0.05) is 11.4 Å². The van der Waals surface area contributed by atoms with E-state index in [1.807, 2.05) is 13.8 Å². The molecule has 0 saturated heterocycles. The molecule has 2 N–H and O–H groups in total. The first-order valence-corrected chi connectivity index (χ1v) is 6.17. The molecule has 4 nitrogen and oxygen atoms in total. The van der Waals surface area contributed by atoms with Gasteiger partial charge in [-0.3, -0.25) is 5.10 Å². The van der Waals surface area contributed by atoms with Crippen molar-refractivity contribution in [3.05, 3.63) is 15.9 Å². The Kier molecular flexibility index (Phi) is 3.03. The number of fused-ring (bicyclic) bond motifs is 1. The molecular formula is C12H18N4S. The first-order valence-electron chi connectivity index (χ1n) is 5.77. The van der Waals surface area contributed by atoms with Gasteiger partial charge in [0.1, 0.15) is 4.64 Å². The third-order valence-electron chi connectivity index (χ3n) is 2.82. The second-order valence-corrected chi connectivity index (χ2v) is 5.95. The van der Waals surface area contributed by atoms with Gasteiger partial charge in [-0.1, -0.05) is 26.1 Å². The van der Waals surface area contributed by atoms with Gasteiger partial charge in [0.2, 0.25) is 0 Å². The second kappa shape index (κ2) is 4.22. The van der Waals surface area contributed by atoms with Gasteiger partial charge in [-0.05, 0) is 32.1 Å². The molecule has 1 heterocycles. The standard InChI is InChI=1S/C12H18N4S/c1-7(2)13-14-8-5-12(3,4)6-9-10(8)11(17)16-15-9/h5-6H2,1-4H3,(H2,15,16,17). The molecular weight excluding hydrogens is 232 g/mol. The summed E-state index contributed by atoms with van der Waals surface area (Å²) in [4.78, 5) is 0. The molecule has 0 saturated carbocycles. The van der Waals surface area contributed by atoms with E-state index < -0.39 is 0 Å². The average Bonchev–Trinajstić information content (AvgIpc) is 2.54. The summed E-state index contributed by atoms with van der Waals surface area (Å²) in [5, 5.41) is 14.7. The average molecular weight is 250 g/mol. The maximum Gasteiger partial charge on any atom is 0.128 e. The van der Waals surface area contributed by atoms with Gasteiger partial charge in [-0.2, -0.15) is 10.2 Å². The Morgan fingerprint density at radius 1 is 1.24 bits per heavy atom. The Morgan fingerprint density at radius 3 is 2.59 bits per heavy atom. The van der Waals surface area contributed by atoms with Crippen LogP contribution in [0.3, 0.4) is 0 Å². The van der Waals surface area contributed by atoms with Crippen molar-refractivity contribution in [3.63, 3.8) is 0 Å². The van der Waals surface area contributed by atoms with Crippen molar-refractivity contribution >= 4 is 23.6 Å². The van der Waals surface area contributed by atoms with E-state index in [9.17, 15) is 0 Å². The second-order valence-electron chi connectivity index (χ2n) is 5.54. The molecule has 17 heavy (non-hydrogen) atoms. The van der Waals surface area contributed by atoms with Crippen LogP contribution in [0, 0.1) is 10.1 Å². The molecule has 1 aromatic rings. The van der Waals surface area contributed by atoms with Crippen molar-refractivity contribution in [2.45, 2.75) is 40.5 Å². The van der Waals surface area contributed by atoms with Crippen molar-refractivity contribution in [2.24, 2.45) is 15.6 Å². The SMILES string of the molecule is CC(C)=NN=C1CC(C)(C)Cc2[nH][nH]c(=S)c21. The van der Waals surface area contributed by atoms with Crippen LogP contribution in [0.4, 0.5) is 0 Å². The van der Waals surface area contributed by atoms with Gasteiger partial charge < -0.3 is 5.10 Å². The number of hydrogen-bond donors (Lipinski definition) is 2. The first kappa shape index (κ1) is 12.2. The van der Waals surface area contributed by atoms with Gasteiger partial charge in [0.15, 0.2) is 0 Å². The molecule has 0 radical (unpaired) electrons. The molecule has 5 heteroatoms. The maximum atomic E-state index is 5.29. The van der Waals surface area contributed by atoms with Crippen LogP contribution in [0.1, 0.15) is 45.4 Å². The minimum Gasteiger partial charge on any atom is -0.303 e. The minimum atomic E-state index is 0.198. The first-order chi connectivity index (χ1) is 7.89. The zero-order valence-corrected chi connectivity index (χ0v) is 11.5. The largest absolute Gasteiger partial charge is 0.303 e. The lowest BCUT2D eigenvalue weighted by Gasteiger charge is -2.29. The maximum absolute atomic E-state index is 5.29. The molecule has 0 spiro atoms. The van der Waals surface area contributed by atoms with Gasteiger partial charge in [-0.15, -0.1) is 0 Å². The summed E-state index contributed by atoms with van der Waals surface area (Å²) in [7, 11) is 0. The van der Waals surface area contributed by atoms with Crippen LogP contribution in [-0.4, -0.2) is 21.6 Å². The predicted octanol–water partition coefficient (Wildman–Crippen LogP) is 3.23. The van der Waals surface area contributed by atoms with Gasteiger partial charge in [0.25, 0.3) is 0 Å². The number of nitrogens with one attached hydrogen (secondary N) is 2. The molecule has 2 rings (SSSR count). The lowest BCUT2D eigenvalue weighted by Crippen LogP contribution is -2.27. The van der Waals surface area contributed by atoms with E-state index in [-0.39, 0.29) is 5.41 Å². The Balaban J connectivity index is 2.53. The third-order valence-corrected chi connectivity index (χ3v) is 3.12. The molecule has 1 aliphatic rings. The summed E-state index contributed by atoms with van der Waals surface area (Å²) in [5.74, 6) is 0. The molecule has 0 bridgehead atoms. The normalized spacial score (nSPS) is 20.1. The minimum absolute atomic E-state index is 0.198. The molecule has 0 aromatic carbocycles. The topological polar surface area (TPSA) is 56.3 Å². The van der Waals surface area contributed by atoms with E-state index in [0.717, 1.165) is 40.2 Å². The number of rotatable bonds is 1. The molecule has 0 unspecified atom stereocenters. The van der Waals surface area contributed by atoms with Crippen LogP contribution in [0.15, 0.2) is 10.2 Å². The highest BCUT2D eigenvalue weighted by Crippen LogP contribution is 2.34. The molecule has 1 aromatic heterocycles.